The highest BCUT2D eigenvalue weighted by Crippen LogP contribution is 2.23. The first kappa shape index (κ1) is 11.2. The molecular weight excluding hydrogens is 214 g/mol. The van der Waals surface area contributed by atoms with Gasteiger partial charge in [-0.15, -0.1) is 11.8 Å². The maximum atomic E-state index is 4.37. The number of benzene rings is 1. The van der Waals surface area contributed by atoms with Crippen LogP contribution in [0.2, 0.25) is 0 Å². The average Bonchev–Trinajstić information content (AvgIpc) is 2.32. The molecule has 2 rings (SSSR count). The number of nitrogens with zero attached hydrogens (tertiary/aromatic N) is 1. The standard InChI is InChI=1S/C14H15NS/c1-11-8-14(9-15-12(11)2)16-10-13-6-4-3-5-7-13/h3-9H,10H2,1-2H3. The van der Waals surface area contributed by atoms with Gasteiger partial charge in [0.2, 0.25) is 0 Å². The Bertz CT molecular complexity index is 465. The summed E-state index contributed by atoms with van der Waals surface area (Å²) in [6.07, 6.45) is 1.95. The van der Waals surface area contributed by atoms with Crippen molar-refractivity contribution in [2.75, 3.05) is 0 Å². The third kappa shape index (κ3) is 2.86. The van der Waals surface area contributed by atoms with Crippen LogP contribution in [0.5, 0.6) is 0 Å². The molecule has 0 fully saturated rings. The van der Waals surface area contributed by atoms with Gasteiger partial charge in [-0.3, -0.25) is 4.98 Å². The van der Waals surface area contributed by atoms with E-state index in [0.29, 0.717) is 0 Å². The second kappa shape index (κ2) is 5.17. The smallest absolute Gasteiger partial charge is 0.0407 e. The summed E-state index contributed by atoms with van der Waals surface area (Å²) < 4.78 is 0. The topological polar surface area (TPSA) is 12.9 Å². The molecule has 0 radical (unpaired) electrons. The molecule has 16 heavy (non-hydrogen) atoms. The number of thioether (sulfide) groups is 1. The normalized spacial score (nSPS) is 10.4. The molecule has 0 saturated heterocycles. The Morgan fingerprint density at radius 2 is 1.88 bits per heavy atom. The van der Waals surface area contributed by atoms with E-state index in [1.165, 1.54) is 16.0 Å². The number of rotatable bonds is 3. The zero-order chi connectivity index (χ0) is 11.4. The van der Waals surface area contributed by atoms with Crippen LogP contribution in [-0.4, -0.2) is 4.98 Å². The van der Waals surface area contributed by atoms with Gasteiger partial charge in [-0.2, -0.15) is 0 Å². The van der Waals surface area contributed by atoms with Gasteiger partial charge in [0.05, 0.1) is 0 Å². The van der Waals surface area contributed by atoms with Gasteiger partial charge in [-0.1, -0.05) is 30.3 Å². The van der Waals surface area contributed by atoms with Crippen molar-refractivity contribution in [2.24, 2.45) is 0 Å². The van der Waals surface area contributed by atoms with E-state index in [9.17, 15) is 0 Å². The maximum Gasteiger partial charge on any atom is 0.0407 e. The fraction of sp³-hybridized carbons (Fsp3) is 0.214. The van der Waals surface area contributed by atoms with Gasteiger partial charge in [0.25, 0.3) is 0 Å². The van der Waals surface area contributed by atoms with E-state index in [0.717, 1.165) is 11.4 Å². The summed E-state index contributed by atoms with van der Waals surface area (Å²) in [5.74, 6) is 1.00. The largest absolute Gasteiger partial charge is 0.260 e. The minimum atomic E-state index is 1.00. The molecule has 0 amide bonds. The number of aromatic nitrogens is 1. The lowest BCUT2D eigenvalue weighted by molar-refractivity contribution is 1.10. The SMILES string of the molecule is Cc1cc(SCc2ccccc2)cnc1C. The van der Waals surface area contributed by atoms with E-state index >= 15 is 0 Å². The lowest BCUT2D eigenvalue weighted by atomic mass is 10.2. The predicted octanol–water partition coefficient (Wildman–Crippen LogP) is 3.99. The first-order chi connectivity index (χ1) is 7.75. The minimum Gasteiger partial charge on any atom is -0.260 e. The average molecular weight is 229 g/mol. The van der Waals surface area contributed by atoms with Crippen molar-refractivity contribution in [2.45, 2.75) is 24.5 Å². The van der Waals surface area contributed by atoms with Crippen LogP contribution in [0, 0.1) is 13.8 Å². The summed E-state index contributed by atoms with van der Waals surface area (Å²) in [6.45, 7) is 4.15. The molecule has 0 atom stereocenters. The highest BCUT2D eigenvalue weighted by atomic mass is 32.2. The highest BCUT2D eigenvalue weighted by molar-refractivity contribution is 7.98. The highest BCUT2D eigenvalue weighted by Gasteiger charge is 1.99. The molecule has 1 nitrogen and oxygen atoms in total. The maximum absolute atomic E-state index is 4.37. The summed E-state index contributed by atoms with van der Waals surface area (Å²) in [7, 11) is 0. The second-order valence-corrected chi connectivity index (χ2v) is 4.90. The quantitative estimate of drug-likeness (QED) is 0.738. The lowest BCUT2D eigenvalue weighted by Gasteiger charge is -2.04. The molecule has 1 aromatic heterocycles. The zero-order valence-electron chi connectivity index (χ0n) is 9.60. The van der Waals surface area contributed by atoms with Gasteiger partial charge < -0.3 is 0 Å². The van der Waals surface area contributed by atoms with E-state index in [1.807, 2.05) is 30.9 Å². The summed E-state index contributed by atoms with van der Waals surface area (Å²) in [5.41, 5.74) is 3.73. The summed E-state index contributed by atoms with van der Waals surface area (Å²) in [5, 5.41) is 0. The Balaban J connectivity index is 2.03. The minimum absolute atomic E-state index is 1.00. The third-order valence-corrected chi connectivity index (χ3v) is 3.60. The van der Waals surface area contributed by atoms with E-state index in [-0.39, 0.29) is 0 Å². The molecule has 0 aliphatic heterocycles. The van der Waals surface area contributed by atoms with Gasteiger partial charge in [0.1, 0.15) is 0 Å². The van der Waals surface area contributed by atoms with Gasteiger partial charge >= 0.3 is 0 Å². The number of hydrogen-bond donors (Lipinski definition) is 0. The monoisotopic (exact) mass is 229 g/mol. The molecule has 0 aliphatic carbocycles. The van der Waals surface area contributed by atoms with E-state index in [2.05, 4.69) is 42.2 Å². The van der Waals surface area contributed by atoms with Crippen molar-refractivity contribution in [1.82, 2.24) is 4.98 Å². The van der Waals surface area contributed by atoms with Crippen LogP contribution >= 0.6 is 11.8 Å². The van der Waals surface area contributed by atoms with Crippen LogP contribution < -0.4 is 0 Å². The fourth-order valence-electron chi connectivity index (χ4n) is 1.44. The number of pyridine rings is 1. The van der Waals surface area contributed by atoms with Gasteiger partial charge in [-0.05, 0) is 31.0 Å². The Kier molecular flexibility index (Phi) is 3.62. The number of hydrogen-bond acceptors (Lipinski definition) is 2. The molecule has 0 spiro atoms. The van der Waals surface area contributed by atoms with Crippen LogP contribution in [0.15, 0.2) is 47.5 Å². The lowest BCUT2D eigenvalue weighted by Crippen LogP contribution is -1.87. The van der Waals surface area contributed by atoms with Crippen LogP contribution in [0.25, 0.3) is 0 Å². The Morgan fingerprint density at radius 1 is 1.12 bits per heavy atom. The Morgan fingerprint density at radius 3 is 2.56 bits per heavy atom. The molecule has 1 aromatic carbocycles. The molecule has 1 heterocycles. The molecule has 82 valence electrons. The van der Waals surface area contributed by atoms with E-state index < -0.39 is 0 Å². The van der Waals surface area contributed by atoms with Crippen molar-refractivity contribution in [1.29, 1.82) is 0 Å². The molecule has 0 N–H and O–H groups in total. The van der Waals surface area contributed by atoms with Crippen LogP contribution in [0.4, 0.5) is 0 Å². The summed E-state index contributed by atoms with van der Waals surface area (Å²) >= 11 is 1.83. The first-order valence-electron chi connectivity index (χ1n) is 5.35. The molecule has 0 aliphatic rings. The first-order valence-corrected chi connectivity index (χ1v) is 6.34. The Hall–Kier alpha value is -1.28. The summed E-state index contributed by atoms with van der Waals surface area (Å²) in [6, 6.07) is 12.7. The fourth-order valence-corrected chi connectivity index (χ4v) is 2.35. The predicted molar refractivity (Wildman–Crippen MR) is 69.7 cm³/mol. The molecule has 0 bridgehead atoms. The van der Waals surface area contributed by atoms with Crippen molar-refractivity contribution in [3.63, 3.8) is 0 Å². The molecule has 2 heteroatoms. The van der Waals surface area contributed by atoms with Crippen LogP contribution in [-0.2, 0) is 5.75 Å². The van der Waals surface area contributed by atoms with Gasteiger partial charge in [0, 0.05) is 22.5 Å². The molecule has 2 aromatic rings. The second-order valence-electron chi connectivity index (χ2n) is 3.85. The van der Waals surface area contributed by atoms with Gasteiger partial charge in [0.15, 0.2) is 0 Å². The van der Waals surface area contributed by atoms with Crippen LogP contribution in [0.3, 0.4) is 0 Å². The molecule has 0 saturated carbocycles. The van der Waals surface area contributed by atoms with Crippen molar-refractivity contribution >= 4 is 11.8 Å². The number of aryl methyl sites for hydroxylation is 2. The van der Waals surface area contributed by atoms with Crippen molar-refractivity contribution in [3.8, 4) is 0 Å². The van der Waals surface area contributed by atoms with Gasteiger partial charge in [-0.25, -0.2) is 0 Å². The third-order valence-electron chi connectivity index (χ3n) is 2.56. The Labute approximate surface area is 101 Å². The van der Waals surface area contributed by atoms with Crippen molar-refractivity contribution < 1.29 is 0 Å². The van der Waals surface area contributed by atoms with Crippen LogP contribution in [0.1, 0.15) is 16.8 Å². The summed E-state index contributed by atoms with van der Waals surface area (Å²) in [4.78, 5) is 5.61. The zero-order valence-corrected chi connectivity index (χ0v) is 10.4. The van der Waals surface area contributed by atoms with Crippen molar-refractivity contribution in [3.05, 3.63) is 59.4 Å². The molecular formula is C14H15NS. The molecule has 0 unspecified atom stereocenters. The van der Waals surface area contributed by atoms with E-state index in [4.69, 9.17) is 0 Å². The van der Waals surface area contributed by atoms with E-state index in [1.54, 1.807) is 0 Å².